The summed E-state index contributed by atoms with van der Waals surface area (Å²) in [6, 6.07) is 4.96. The highest BCUT2D eigenvalue weighted by Gasteiger charge is 2.51. The number of carbonyl (C=O) groups is 1. The Bertz CT molecular complexity index is 526. The van der Waals surface area contributed by atoms with E-state index in [-0.39, 0.29) is 11.7 Å². The van der Waals surface area contributed by atoms with Crippen molar-refractivity contribution in [3.05, 3.63) is 18.2 Å². The van der Waals surface area contributed by atoms with Gasteiger partial charge in [0.05, 0.1) is 16.9 Å². The van der Waals surface area contributed by atoms with E-state index in [0.717, 1.165) is 5.46 Å². The summed E-state index contributed by atoms with van der Waals surface area (Å²) in [7, 11) is -0.530. The number of benzene rings is 1. The molecule has 0 atom stereocenters. The summed E-state index contributed by atoms with van der Waals surface area (Å²) in [6.07, 6.45) is 0. The second kappa shape index (κ2) is 4.79. The average molecular weight is 277 g/mol. The van der Waals surface area contributed by atoms with Crippen LogP contribution >= 0.6 is 0 Å². The third kappa shape index (κ3) is 2.67. The first-order valence-corrected chi connectivity index (χ1v) is 6.58. The fourth-order valence-corrected chi connectivity index (χ4v) is 1.97. The van der Waals surface area contributed by atoms with Crippen molar-refractivity contribution in [2.24, 2.45) is 0 Å². The molecule has 1 amide bonds. The van der Waals surface area contributed by atoms with Gasteiger partial charge in [0.15, 0.2) is 0 Å². The molecular formula is C14H20BNO4. The number of hydrogen-bond acceptors (Lipinski definition) is 4. The minimum atomic E-state index is -0.530. The summed E-state index contributed by atoms with van der Waals surface area (Å²) in [5.41, 5.74) is 0.237. The van der Waals surface area contributed by atoms with E-state index in [9.17, 15) is 9.90 Å². The molecule has 0 aromatic heterocycles. The molecule has 1 fully saturated rings. The molecule has 0 bridgehead atoms. The van der Waals surface area contributed by atoms with Gasteiger partial charge in [-0.25, -0.2) is 0 Å². The van der Waals surface area contributed by atoms with Gasteiger partial charge >= 0.3 is 7.12 Å². The topological polar surface area (TPSA) is 67.8 Å². The van der Waals surface area contributed by atoms with Crippen molar-refractivity contribution in [3.63, 3.8) is 0 Å². The summed E-state index contributed by atoms with van der Waals surface area (Å²) in [5, 5.41) is 12.5. The lowest BCUT2D eigenvalue weighted by atomic mass is 9.79. The maximum Gasteiger partial charge on any atom is 0.494 e. The first kappa shape index (κ1) is 14.9. The van der Waals surface area contributed by atoms with Crippen LogP contribution in [0.2, 0.25) is 0 Å². The van der Waals surface area contributed by atoms with E-state index < -0.39 is 18.3 Å². The van der Waals surface area contributed by atoms with E-state index >= 15 is 0 Å². The Kier molecular flexibility index (Phi) is 3.56. The van der Waals surface area contributed by atoms with Crippen LogP contribution < -0.4 is 10.8 Å². The number of rotatable bonds is 2. The van der Waals surface area contributed by atoms with E-state index in [2.05, 4.69) is 5.32 Å². The monoisotopic (exact) mass is 277 g/mol. The van der Waals surface area contributed by atoms with Gasteiger partial charge in [0.2, 0.25) is 5.91 Å². The summed E-state index contributed by atoms with van der Waals surface area (Å²) >= 11 is 0. The van der Waals surface area contributed by atoms with Crippen LogP contribution in [-0.4, -0.2) is 29.3 Å². The largest absolute Gasteiger partial charge is 0.506 e. The first-order chi connectivity index (χ1) is 9.12. The molecule has 1 heterocycles. The number of anilines is 1. The molecule has 0 aliphatic carbocycles. The molecule has 1 aromatic carbocycles. The fourth-order valence-electron chi connectivity index (χ4n) is 1.97. The van der Waals surface area contributed by atoms with Gasteiger partial charge in [-0.1, -0.05) is 6.07 Å². The van der Waals surface area contributed by atoms with Crippen molar-refractivity contribution >= 4 is 24.2 Å². The molecule has 2 rings (SSSR count). The molecule has 0 unspecified atom stereocenters. The van der Waals surface area contributed by atoms with Crippen LogP contribution in [-0.2, 0) is 14.1 Å². The van der Waals surface area contributed by atoms with Crippen LogP contribution in [0.25, 0.3) is 0 Å². The molecule has 0 radical (unpaired) electrons. The van der Waals surface area contributed by atoms with Crippen molar-refractivity contribution in [3.8, 4) is 5.75 Å². The van der Waals surface area contributed by atoms with Crippen molar-refractivity contribution < 1.29 is 19.2 Å². The Hall–Kier alpha value is -1.53. The van der Waals surface area contributed by atoms with Crippen LogP contribution in [0.3, 0.4) is 0 Å². The molecule has 1 aromatic rings. The van der Waals surface area contributed by atoms with E-state index in [1.54, 1.807) is 18.2 Å². The third-order valence-electron chi connectivity index (χ3n) is 3.86. The Labute approximate surface area is 119 Å². The molecule has 2 N–H and O–H groups in total. The summed E-state index contributed by atoms with van der Waals surface area (Å²) < 4.78 is 11.8. The first-order valence-electron chi connectivity index (χ1n) is 6.58. The van der Waals surface area contributed by atoms with Crippen molar-refractivity contribution in [1.82, 2.24) is 0 Å². The number of phenols is 1. The second-order valence-corrected chi connectivity index (χ2v) is 6.05. The van der Waals surface area contributed by atoms with Crippen LogP contribution in [0.4, 0.5) is 5.69 Å². The van der Waals surface area contributed by atoms with Crippen molar-refractivity contribution in [1.29, 1.82) is 0 Å². The molecule has 1 aliphatic heterocycles. The fraction of sp³-hybridized carbons (Fsp3) is 0.500. The van der Waals surface area contributed by atoms with Gasteiger partial charge in [0.25, 0.3) is 0 Å². The normalized spacial score (nSPS) is 19.9. The van der Waals surface area contributed by atoms with Gasteiger partial charge in [-0.05, 0) is 45.3 Å². The van der Waals surface area contributed by atoms with Gasteiger partial charge in [-0.2, -0.15) is 0 Å². The van der Waals surface area contributed by atoms with Gasteiger partial charge < -0.3 is 19.7 Å². The molecule has 6 heteroatoms. The molecule has 1 aliphatic rings. The number of amides is 1. The standard InChI is InChI=1S/C14H20BNO4/c1-9(17)16-11-7-6-10(8-12(11)18)15-19-13(2,3)14(4,5)20-15/h6-8,18H,1-5H3,(H,16,17). The van der Waals surface area contributed by atoms with Crippen LogP contribution in [0, 0.1) is 0 Å². The zero-order chi connectivity index (χ0) is 15.1. The molecule has 5 nitrogen and oxygen atoms in total. The number of nitrogens with one attached hydrogen (secondary N) is 1. The van der Waals surface area contributed by atoms with E-state index in [1.807, 2.05) is 27.7 Å². The Morgan fingerprint density at radius 2 is 1.75 bits per heavy atom. The molecule has 108 valence electrons. The lowest BCUT2D eigenvalue weighted by Crippen LogP contribution is -2.41. The van der Waals surface area contributed by atoms with Crippen LogP contribution in [0.1, 0.15) is 34.6 Å². The maximum atomic E-state index is 11.0. The molecule has 1 saturated heterocycles. The van der Waals surface area contributed by atoms with Gasteiger partial charge in [-0.15, -0.1) is 0 Å². The predicted molar refractivity (Wildman–Crippen MR) is 78.1 cm³/mol. The lowest BCUT2D eigenvalue weighted by Gasteiger charge is -2.32. The van der Waals surface area contributed by atoms with Crippen molar-refractivity contribution in [2.45, 2.75) is 45.8 Å². The van der Waals surface area contributed by atoms with Crippen molar-refractivity contribution in [2.75, 3.05) is 5.32 Å². The summed E-state index contributed by atoms with van der Waals surface area (Å²) in [5.74, 6) is -0.240. The quantitative estimate of drug-likeness (QED) is 0.637. The van der Waals surface area contributed by atoms with E-state index in [1.165, 1.54) is 6.92 Å². The Morgan fingerprint density at radius 1 is 1.20 bits per heavy atom. The number of aromatic hydroxyl groups is 1. The molecule has 20 heavy (non-hydrogen) atoms. The number of phenolic OH excluding ortho intramolecular Hbond substituents is 1. The maximum absolute atomic E-state index is 11.0. The van der Waals surface area contributed by atoms with Gasteiger partial charge in [0.1, 0.15) is 5.75 Å². The highest BCUT2D eigenvalue weighted by Crippen LogP contribution is 2.36. The predicted octanol–water partition coefficient (Wildman–Crippen LogP) is 1.65. The Morgan fingerprint density at radius 3 is 2.20 bits per heavy atom. The highest BCUT2D eigenvalue weighted by atomic mass is 16.7. The van der Waals surface area contributed by atoms with E-state index in [4.69, 9.17) is 9.31 Å². The van der Waals surface area contributed by atoms with Gasteiger partial charge in [0, 0.05) is 6.92 Å². The highest BCUT2D eigenvalue weighted by molar-refractivity contribution is 6.62. The zero-order valence-electron chi connectivity index (χ0n) is 12.5. The summed E-state index contributed by atoms with van der Waals surface area (Å²) in [6.45, 7) is 9.27. The summed E-state index contributed by atoms with van der Waals surface area (Å²) in [4.78, 5) is 11.0. The Balaban J connectivity index is 2.24. The smallest absolute Gasteiger partial charge is 0.494 e. The SMILES string of the molecule is CC(=O)Nc1ccc(B2OC(C)(C)C(C)(C)O2)cc1O. The molecule has 0 saturated carbocycles. The number of carbonyl (C=O) groups excluding carboxylic acids is 1. The average Bonchev–Trinajstić information content (AvgIpc) is 2.50. The lowest BCUT2D eigenvalue weighted by molar-refractivity contribution is -0.114. The molecular weight excluding hydrogens is 257 g/mol. The zero-order valence-corrected chi connectivity index (χ0v) is 12.5. The number of hydrogen-bond donors (Lipinski definition) is 2. The van der Waals surface area contributed by atoms with Gasteiger partial charge in [-0.3, -0.25) is 4.79 Å². The minimum absolute atomic E-state index is 0.00703. The van der Waals surface area contributed by atoms with Crippen LogP contribution in [0.5, 0.6) is 5.75 Å². The van der Waals surface area contributed by atoms with Crippen LogP contribution in [0.15, 0.2) is 18.2 Å². The second-order valence-electron chi connectivity index (χ2n) is 6.05. The molecule has 0 spiro atoms. The third-order valence-corrected chi connectivity index (χ3v) is 3.86. The minimum Gasteiger partial charge on any atom is -0.506 e. The van der Waals surface area contributed by atoms with E-state index in [0.29, 0.717) is 5.69 Å².